The van der Waals surface area contributed by atoms with Gasteiger partial charge in [-0.05, 0) is 6.07 Å². The molecule has 66 heavy (non-hydrogen) atoms. The second-order valence-corrected chi connectivity index (χ2v) is 22.7. The Morgan fingerprint density at radius 2 is 1.08 bits per heavy atom. The number of allylic oxidation sites excluding steroid dienone is 4. The minimum absolute atomic E-state index is 0.620. The Bertz CT molecular complexity index is 3510. The number of para-hydroxylation sites is 3. The molecule has 0 radical (unpaired) electrons. The number of benzene rings is 9. The Morgan fingerprint density at radius 1 is 0.470 bits per heavy atom. The second kappa shape index (κ2) is 15.9. The van der Waals surface area contributed by atoms with Crippen molar-refractivity contribution in [1.29, 1.82) is 0 Å². The summed E-state index contributed by atoms with van der Waals surface area (Å²) in [6, 6.07) is 81.6. The number of fused-ring (bicyclic) bond motifs is 12. The Labute approximate surface area is 392 Å². The van der Waals surface area contributed by atoms with Crippen LogP contribution in [0.3, 0.4) is 0 Å². The zero-order valence-electron chi connectivity index (χ0n) is 36.2. The van der Waals surface area contributed by atoms with Crippen LogP contribution in [0.25, 0.3) is 44.7 Å². The van der Waals surface area contributed by atoms with E-state index < -0.39 is 25.2 Å². The van der Waals surface area contributed by atoms with Gasteiger partial charge in [0.05, 0.1) is 0 Å². The quantitative estimate of drug-likeness (QED) is 0.148. The molecule has 0 saturated heterocycles. The first-order valence-corrected chi connectivity index (χ1v) is 26.1. The van der Waals surface area contributed by atoms with Crippen LogP contribution in [0.1, 0.15) is 51.8 Å². The summed E-state index contributed by atoms with van der Waals surface area (Å²) < 4.78 is 11.0. The number of halogens is 1. The third kappa shape index (κ3) is 6.07. The molecule has 3 heteroatoms. The van der Waals surface area contributed by atoms with E-state index in [4.69, 9.17) is 4.42 Å². The van der Waals surface area contributed by atoms with Crippen LogP contribution in [0, 0.1) is 10.7 Å². The van der Waals surface area contributed by atoms with E-state index >= 15 is 0 Å². The van der Waals surface area contributed by atoms with Crippen molar-refractivity contribution < 1.29 is 4.42 Å². The van der Waals surface area contributed by atoms with Crippen molar-refractivity contribution in [2.45, 2.75) is 18.3 Å². The summed E-state index contributed by atoms with van der Waals surface area (Å²) in [5.74, 6) is 0. The van der Waals surface area contributed by atoms with Crippen molar-refractivity contribution in [3.05, 3.63) is 292 Å². The normalized spacial score (nSPS) is 15.8. The van der Waals surface area contributed by atoms with E-state index in [1.807, 2.05) is 0 Å². The van der Waals surface area contributed by atoms with Gasteiger partial charge in [0.2, 0.25) is 0 Å². The van der Waals surface area contributed by atoms with Crippen LogP contribution in [-0.2, 0) is 5.41 Å². The molecule has 0 unspecified atom stereocenters. The molecule has 0 amide bonds. The molecule has 3 aliphatic carbocycles. The zero-order chi connectivity index (χ0) is 43.6. The third-order valence-corrected chi connectivity index (χ3v) is 19.6. The summed E-state index contributed by atoms with van der Waals surface area (Å²) in [6.45, 7) is 0. The maximum absolute atomic E-state index is 6.66. The van der Waals surface area contributed by atoms with Crippen molar-refractivity contribution in [2.75, 3.05) is 4.90 Å². The Balaban J connectivity index is 1.10. The predicted octanol–water partition coefficient (Wildman–Crippen LogP) is 16.6. The number of rotatable bonds is 7. The van der Waals surface area contributed by atoms with Crippen LogP contribution in [0.15, 0.2) is 247 Å². The number of anilines is 2. The Hall–Kier alpha value is -7.47. The van der Waals surface area contributed by atoms with Gasteiger partial charge in [-0.3, -0.25) is 0 Å². The third-order valence-electron chi connectivity index (χ3n) is 13.7. The van der Waals surface area contributed by atoms with Gasteiger partial charge in [0.15, 0.2) is 0 Å². The van der Waals surface area contributed by atoms with Crippen LogP contribution >= 0.6 is 19.8 Å². The van der Waals surface area contributed by atoms with E-state index in [9.17, 15) is 0 Å². The molecule has 0 aliphatic heterocycles. The molecule has 1 aromatic heterocycles. The van der Waals surface area contributed by atoms with Crippen LogP contribution in [0.2, 0.25) is 0 Å². The van der Waals surface area contributed by atoms with Gasteiger partial charge >= 0.3 is 371 Å². The van der Waals surface area contributed by atoms with Gasteiger partial charge in [0, 0.05) is 0 Å². The molecule has 3 aliphatic rings. The summed E-state index contributed by atoms with van der Waals surface area (Å²) in [4.78, 5) is 2.49. The molecule has 0 fully saturated rings. The fourth-order valence-corrected chi connectivity index (χ4v) is 16.6. The van der Waals surface area contributed by atoms with Crippen molar-refractivity contribution in [2.24, 2.45) is 0 Å². The molecule has 2 nitrogen and oxygen atoms in total. The van der Waals surface area contributed by atoms with Gasteiger partial charge in [-0.2, -0.15) is 0 Å². The van der Waals surface area contributed by atoms with Crippen LogP contribution in [0.5, 0.6) is 0 Å². The fraction of sp³-hybridized carbons (Fsp3) is 0.0476. The van der Waals surface area contributed by atoms with Crippen LogP contribution < -0.4 is 4.90 Å². The van der Waals surface area contributed by atoms with Crippen molar-refractivity contribution in [1.82, 2.24) is 0 Å². The monoisotopic (exact) mass is 957 g/mol. The summed E-state index contributed by atoms with van der Waals surface area (Å²) in [7, 11) is 0. The number of nitrogens with zero attached hydrogens (tertiary/aromatic N) is 1. The average Bonchev–Trinajstić information content (AvgIpc) is 3.91. The molecule has 0 N–H and O–H groups in total. The molecule has 1 heterocycles. The summed E-state index contributed by atoms with van der Waals surface area (Å²) >= 11 is -2.16. The van der Waals surface area contributed by atoms with Crippen LogP contribution in [-0.4, -0.2) is 0 Å². The molecule has 13 rings (SSSR count). The summed E-state index contributed by atoms with van der Waals surface area (Å²) in [6.07, 6.45) is 11.2. The van der Waals surface area contributed by atoms with Gasteiger partial charge < -0.3 is 0 Å². The number of hydrogen-bond acceptors (Lipinski definition) is 2. The van der Waals surface area contributed by atoms with Crippen molar-refractivity contribution in [3.63, 3.8) is 0 Å². The molecule has 0 saturated carbocycles. The van der Waals surface area contributed by atoms with Gasteiger partial charge in [-0.15, -0.1) is 0 Å². The Morgan fingerprint density at radius 3 is 1.77 bits per heavy atom. The number of furan rings is 1. The van der Waals surface area contributed by atoms with Gasteiger partial charge in [0.25, 0.3) is 0 Å². The number of hydrogen-bond donors (Lipinski definition) is 0. The molecule has 1 spiro atoms. The zero-order valence-corrected chi connectivity index (χ0v) is 38.4. The van der Waals surface area contributed by atoms with E-state index in [1.54, 1.807) is 0 Å². The molecule has 0 atom stereocenters. The molecular weight excluding hydrogens is 914 g/mol. The predicted molar refractivity (Wildman–Crippen MR) is 282 cm³/mol. The second-order valence-electron chi connectivity index (χ2n) is 17.3. The average molecular weight is 958 g/mol. The molecule has 314 valence electrons. The molecule has 9 aromatic carbocycles. The van der Waals surface area contributed by atoms with Gasteiger partial charge in [0.1, 0.15) is 0 Å². The summed E-state index contributed by atoms with van der Waals surface area (Å²) in [5.41, 5.74) is 17.4. The fourth-order valence-electron chi connectivity index (χ4n) is 11.0. The minimum atomic E-state index is -2.16. The maximum atomic E-state index is 6.66. The topological polar surface area (TPSA) is 16.4 Å². The van der Waals surface area contributed by atoms with E-state index in [1.165, 1.54) is 77.9 Å². The van der Waals surface area contributed by atoms with E-state index in [-0.39, 0.29) is 0 Å². The first-order valence-electron chi connectivity index (χ1n) is 22.9. The molecule has 10 aromatic rings. The van der Waals surface area contributed by atoms with Gasteiger partial charge in [-0.25, -0.2) is 0 Å². The summed E-state index contributed by atoms with van der Waals surface area (Å²) in [5, 5.41) is 2.27. The first-order chi connectivity index (χ1) is 32.8. The van der Waals surface area contributed by atoms with E-state index in [0.29, 0.717) is 0 Å². The first kappa shape index (κ1) is 38.9. The Kier molecular flexibility index (Phi) is 9.38. The van der Waals surface area contributed by atoms with Gasteiger partial charge in [-0.1, -0.05) is 18.2 Å². The van der Waals surface area contributed by atoms with Crippen molar-refractivity contribution >= 4 is 64.8 Å². The molecular formula is C63H44INO. The standard InChI is InChI=1S/C63H44INO/c1-5-21-44(22-6-1)64(45-23-7-2-8-24-45)46-36-38-52-53-39-37-49(65(47-25-9-3-10-26-47)48-27-11-4-12-28-48)42-60(53)63(59(52)41-46)57-33-16-13-29-50(57)56(51-30-14-17-34-58(51)63)40-43-20-19-32-55-54-31-15-18-35-61(54)66-62(43)55/h1-11,13-27,29-42H,12,28H2. The SMILES string of the molecule is C1=CCCC(N(c2ccccc2)c2ccc3c(c2)C2(c4ccccc4C(=Cc4cccc5c4oc4ccccc45)c4ccccc42)c2cc(I(c4ccccc4)c4ccccc4)ccc2-3)=C1. The van der Waals surface area contributed by atoms with E-state index in [2.05, 4.69) is 248 Å². The van der Waals surface area contributed by atoms with E-state index in [0.717, 1.165) is 40.3 Å². The molecule has 0 bridgehead atoms. The van der Waals surface area contributed by atoms with Crippen molar-refractivity contribution in [3.8, 4) is 11.1 Å². The van der Waals surface area contributed by atoms with Crippen LogP contribution in [0.4, 0.5) is 11.4 Å².